The third-order valence-electron chi connectivity index (χ3n) is 5.72. The molecule has 3 heterocycles. The van der Waals surface area contributed by atoms with Gasteiger partial charge in [-0.25, -0.2) is 4.79 Å². The van der Waals surface area contributed by atoms with E-state index in [1.54, 1.807) is 0 Å². The minimum atomic E-state index is -0.596. The highest BCUT2D eigenvalue weighted by Crippen LogP contribution is 2.27. The van der Waals surface area contributed by atoms with Gasteiger partial charge in [-0.2, -0.15) is 4.98 Å². The van der Waals surface area contributed by atoms with E-state index < -0.39 is 11.1 Å². The number of nitrogens with zero attached hydrogens (tertiary/aromatic N) is 5. The summed E-state index contributed by atoms with van der Waals surface area (Å²) < 4.78 is 4.38. The SMILES string of the molecule is CCC(C)n1c(N2CCNCC2)nc2c1c(=O)n(C)c(=O)n2CC(=O)C(C)(C)C. The van der Waals surface area contributed by atoms with Gasteiger partial charge >= 0.3 is 5.69 Å². The normalized spacial score (nSPS) is 16.4. The number of nitrogens with one attached hydrogen (secondary N) is 1. The lowest BCUT2D eigenvalue weighted by atomic mass is 9.91. The molecule has 0 aliphatic carbocycles. The van der Waals surface area contributed by atoms with Crippen LogP contribution in [0.4, 0.5) is 5.95 Å². The van der Waals surface area contributed by atoms with E-state index >= 15 is 0 Å². The first kappa shape index (κ1) is 21.3. The Balaban J connectivity index is 2.32. The van der Waals surface area contributed by atoms with Crippen LogP contribution in [0.3, 0.4) is 0 Å². The van der Waals surface area contributed by atoms with E-state index in [9.17, 15) is 14.4 Å². The molecule has 3 rings (SSSR count). The topological polar surface area (TPSA) is 94.2 Å². The lowest BCUT2D eigenvalue weighted by molar-refractivity contribution is -0.126. The molecule has 0 amide bonds. The first-order valence-corrected chi connectivity index (χ1v) is 10.3. The first-order valence-electron chi connectivity index (χ1n) is 10.3. The Hall–Kier alpha value is -2.42. The van der Waals surface area contributed by atoms with Crippen LogP contribution >= 0.6 is 0 Å². The highest BCUT2D eigenvalue weighted by atomic mass is 16.2. The molecular formula is C20H32N6O3. The van der Waals surface area contributed by atoms with Gasteiger partial charge in [-0.05, 0) is 13.3 Å². The first-order chi connectivity index (χ1) is 13.6. The number of rotatable bonds is 5. The summed E-state index contributed by atoms with van der Waals surface area (Å²) in [4.78, 5) is 45.6. The van der Waals surface area contributed by atoms with Crippen LogP contribution in [-0.4, -0.2) is 50.6 Å². The molecule has 29 heavy (non-hydrogen) atoms. The van der Waals surface area contributed by atoms with Crippen LogP contribution < -0.4 is 21.5 Å². The fourth-order valence-electron chi connectivity index (χ4n) is 3.52. The zero-order valence-corrected chi connectivity index (χ0v) is 18.3. The maximum atomic E-state index is 13.1. The number of anilines is 1. The second-order valence-corrected chi connectivity index (χ2v) is 8.85. The maximum absolute atomic E-state index is 13.1. The van der Waals surface area contributed by atoms with Crippen LogP contribution in [0.2, 0.25) is 0 Å². The van der Waals surface area contributed by atoms with E-state index in [0.29, 0.717) is 17.1 Å². The van der Waals surface area contributed by atoms with E-state index in [2.05, 4.69) is 17.1 Å². The molecule has 0 aromatic carbocycles. The predicted octanol–water partition coefficient (Wildman–Crippen LogP) is 0.893. The third kappa shape index (κ3) is 3.75. The van der Waals surface area contributed by atoms with Crippen molar-refractivity contribution in [1.82, 2.24) is 24.0 Å². The summed E-state index contributed by atoms with van der Waals surface area (Å²) in [7, 11) is 1.46. The van der Waals surface area contributed by atoms with Crippen molar-refractivity contribution >= 4 is 22.9 Å². The highest BCUT2D eigenvalue weighted by molar-refractivity contribution is 5.85. The molecule has 1 atom stereocenters. The maximum Gasteiger partial charge on any atom is 0.332 e. The number of ketones is 1. The largest absolute Gasteiger partial charge is 0.340 e. The van der Waals surface area contributed by atoms with E-state index in [0.717, 1.165) is 37.2 Å². The highest BCUT2D eigenvalue weighted by Gasteiger charge is 2.29. The number of carbonyl (C=O) groups is 1. The van der Waals surface area contributed by atoms with Crippen LogP contribution in [0.25, 0.3) is 11.2 Å². The van der Waals surface area contributed by atoms with E-state index in [4.69, 9.17) is 4.98 Å². The number of hydrogen-bond donors (Lipinski definition) is 1. The summed E-state index contributed by atoms with van der Waals surface area (Å²) in [6.07, 6.45) is 0.813. The molecule has 1 aliphatic heterocycles. The number of fused-ring (bicyclic) bond motifs is 1. The van der Waals surface area contributed by atoms with Gasteiger partial charge in [0.1, 0.15) is 0 Å². The van der Waals surface area contributed by atoms with Gasteiger partial charge in [-0.15, -0.1) is 0 Å². The summed E-state index contributed by atoms with van der Waals surface area (Å²) in [6, 6.07) is 0.0295. The minimum absolute atomic E-state index is 0.0295. The Morgan fingerprint density at radius 1 is 1.21 bits per heavy atom. The van der Waals surface area contributed by atoms with Gasteiger partial charge in [0, 0.05) is 44.7 Å². The molecule has 2 aromatic heterocycles. The monoisotopic (exact) mass is 404 g/mol. The number of Topliss-reactive ketones (excluding diaryl/α,β-unsaturated/α-hetero) is 1. The molecule has 0 bridgehead atoms. The van der Waals surface area contributed by atoms with Crippen molar-refractivity contribution in [3.8, 4) is 0 Å². The molecule has 1 N–H and O–H groups in total. The van der Waals surface area contributed by atoms with Crippen molar-refractivity contribution in [3.05, 3.63) is 20.8 Å². The fourth-order valence-corrected chi connectivity index (χ4v) is 3.52. The number of imidazole rings is 1. The quantitative estimate of drug-likeness (QED) is 0.796. The van der Waals surface area contributed by atoms with Gasteiger partial charge in [0.15, 0.2) is 16.9 Å². The smallest absolute Gasteiger partial charge is 0.332 e. The molecule has 160 valence electrons. The van der Waals surface area contributed by atoms with Crippen LogP contribution in [0.1, 0.15) is 47.1 Å². The number of hydrogen-bond acceptors (Lipinski definition) is 6. The molecule has 0 radical (unpaired) electrons. The lowest BCUT2D eigenvalue weighted by Gasteiger charge is -2.30. The Morgan fingerprint density at radius 3 is 2.38 bits per heavy atom. The van der Waals surface area contributed by atoms with Crippen LogP contribution in [-0.2, 0) is 18.4 Å². The summed E-state index contributed by atoms with van der Waals surface area (Å²) >= 11 is 0. The van der Waals surface area contributed by atoms with E-state index in [-0.39, 0.29) is 23.9 Å². The second-order valence-electron chi connectivity index (χ2n) is 8.85. The van der Waals surface area contributed by atoms with Crippen molar-refractivity contribution in [2.75, 3.05) is 31.1 Å². The standard InChI is InChI=1S/C20H32N6O3/c1-7-13(2)26-15-16(22-18(26)24-10-8-21-9-11-24)25(12-14(27)20(3,4)5)19(29)23(6)17(15)28/h13,21H,7-12H2,1-6H3. The number of aromatic nitrogens is 4. The minimum Gasteiger partial charge on any atom is -0.340 e. The van der Waals surface area contributed by atoms with Crippen molar-refractivity contribution in [2.24, 2.45) is 12.5 Å². The predicted molar refractivity (Wildman–Crippen MR) is 114 cm³/mol. The van der Waals surface area contributed by atoms with Crippen molar-refractivity contribution in [1.29, 1.82) is 0 Å². The molecule has 0 saturated carbocycles. The average molecular weight is 405 g/mol. The van der Waals surface area contributed by atoms with Gasteiger partial charge < -0.3 is 14.8 Å². The molecule has 0 spiro atoms. The fraction of sp³-hybridized carbons (Fsp3) is 0.700. The number of piperazine rings is 1. The van der Waals surface area contributed by atoms with Gasteiger partial charge in [0.2, 0.25) is 5.95 Å². The molecule has 1 saturated heterocycles. The average Bonchev–Trinajstić information content (AvgIpc) is 3.09. The van der Waals surface area contributed by atoms with Crippen molar-refractivity contribution < 1.29 is 4.79 Å². The Morgan fingerprint density at radius 2 is 1.83 bits per heavy atom. The third-order valence-corrected chi connectivity index (χ3v) is 5.72. The van der Waals surface area contributed by atoms with Crippen LogP contribution in [0.15, 0.2) is 9.59 Å². The van der Waals surface area contributed by atoms with E-state index in [1.807, 2.05) is 32.3 Å². The van der Waals surface area contributed by atoms with Gasteiger partial charge in [0.05, 0.1) is 6.54 Å². The zero-order chi connectivity index (χ0) is 21.5. The van der Waals surface area contributed by atoms with Gasteiger partial charge in [0.25, 0.3) is 5.56 Å². The molecule has 9 heteroatoms. The van der Waals surface area contributed by atoms with Crippen molar-refractivity contribution in [3.63, 3.8) is 0 Å². The van der Waals surface area contributed by atoms with Crippen molar-refractivity contribution in [2.45, 2.75) is 53.6 Å². The molecule has 2 aromatic rings. The molecular weight excluding hydrogens is 372 g/mol. The summed E-state index contributed by atoms with van der Waals surface area (Å²) in [5.74, 6) is 0.608. The summed E-state index contributed by atoms with van der Waals surface area (Å²) in [5.41, 5.74) is -0.804. The Bertz CT molecular complexity index is 1030. The molecule has 1 fully saturated rings. The zero-order valence-electron chi connectivity index (χ0n) is 18.3. The second kappa shape index (κ2) is 7.78. The van der Waals surface area contributed by atoms with E-state index in [1.165, 1.54) is 11.6 Å². The summed E-state index contributed by atoms with van der Waals surface area (Å²) in [5, 5.41) is 3.32. The molecule has 1 unspecified atom stereocenters. The molecule has 9 nitrogen and oxygen atoms in total. The molecule has 1 aliphatic rings. The van der Waals surface area contributed by atoms with Crippen LogP contribution in [0, 0.1) is 5.41 Å². The summed E-state index contributed by atoms with van der Waals surface area (Å²) in [6.45, 7) is 12.7. The Kier molecular flexibility index (Phi) is 5.71. The Labute approximate surface area is 170 Å². The lowest BCUT2D eigenvalue weighted by Crippen LogP contribution is -2.44. The van der Waals surface area contributed by atoms with Gasteiger partial charge in [-0.1, -0.05) is 27.7 Å². The number of carbonyl (C=O) groups excluding carboxylic acids is 1. The van der Waals surface area contributed by atoms with Gasteiger partial charge in [-0.3, -0.25) is 18.7 Å². The van der Waals surface area contributed by atoms with Crippen LogP contribution in [0.5, 0.6) is 0 Å².